The molecule has 5 heteroatoms. The molecule has 0 aliphatic heterocycles. The molecule has 2 aromatic carbocycles. The Kier molecular flexibility index (Phi) is 4.46. The average molecular weight is 339 g/mol. The average Bonchev–Trinajstić information content (AvgIpc) is 3.08. The second-order valence-electron chi connectivity index (χ2n) is 5.83. The van der Waals surface area contributed by atoms with Gasteiger partial charge in [-0.15, -0.1) is 0 Å². The van der Waals surface area contributed by atoms with Gasteiger partial charge in [-0.05, 0) is 44.8 Å². The van der Waals surface area contributed by atoms with Crippen molar-refractivity contribution in [3.8, 4) is 0 Å². The van der Waals surface area contributed by atoms with Crippen LogP contribution < -0.4 is 5.73 Å². The van der Waals surface area contributed by atoms with Gasteiger partial charge in [0, 0.05) is 6.42 Å². The maximum atomic E-state index is 12.1. The second-order valence-corrected chi connectivity index (χ2v) is 6.61. The van der Waals surface area contributed by atoms with Gasteiger partial charge >= 0.3 is 5.97 Å². The number of carboxylic acids is 1. The first-order valence-electron chi connectivity index (χ1n) is 7.53. The Balaban J connectivity index is 2.06. The molecular formula is C19H17NO3S. The first kappa shape index (κ1) is 16.4. The number of carboxylic acid groups (broad SMARTS) is 1. The molecule has 3 aromatic rings. The van der Waals surface area contributed by atoms with E-state index in [0.717, 1.165) is 21.9 Å². The van der Waals surface area contributed by atoms with Gasteiger partial charge in [0.05, 0.1) is 5.54 Å². The Morgan fingerprint density at radius 2 is 1.79 bits per heavy atom. The van der Waals surface area contributed by atoms with Crippen LogP contribution >= 0.6 is 11.3 Å². The molecule has 0 saturated carbocycles. The molecule has 24 heavy (non-hydrogen) atoms. The number of thiophene rings is 1. The van der Waals surface area contributed by atoms with E-state index in [1.807, 2.05) is 59.3 Å². The summed E-state index contributed by atoms with van der Waals surface area (Å²) in [7, 11) is 0. The molecule has 0 spiro atoms. The van der Waals surface area contributed by atoms with Crippen LogP contribution in [-0.2, 0) is 15.1 Å². The number of rotatable bonds is 6. The van der Waals surface area contributed by atoms with Gasteiger partial charge < -0.3 is 10.8 Å². The third kappa shape index (κ3) is 3.22. The van der Waals surface area contributed by atoms with E-state index in [9.17, 15) is 9.59 Å². The molecular weight excluding hydrogens is 322 g/mol. The van der Waals surface area contributed by atoms with Crippen molar-refractivity contribution in [1.82, 2.24) is 0 Å². The molecule has 0 aliphatic rings. The van der Waals surface area contributed by atoms with Gasteiger partial charge in [-0.3, -0.25) is 9.59 Å². The lowest BCUT2D eigenvalue weighted by atomic mass is 9.80. The van der Waals surface area contributed by atoms with Crippen molar-refractivity contribution < 1.29 is 14.7 Å². The summed E-state index contributed by atoms with van der Waals surface area (Å²) in [4.78, 5) is 23.0. The largest absolute Gasteiger partial charge is 0.481 e. The number of hydrogen-bond acceptors (Lipinski definition) is 4. The van der Waals surface area contributed by atoms with Gasteiger partial charge in [0.15, 0.2) is 0 Å². The van der Waals surface area contributed by atoms with Crippen LogP contribution in [0.4, 0.5) is 0 Å². The fourth-order valence-corrected chi connectivity index (χ4v) is 3.64. The summed E-state index contributed by atoms with van der Waals surface area (Å²) in [5.41, 5.74) is 7.24. The zero-order chi connectivity index (χ0) is 17.2. The van der Waals surface area contributed by atoms with Gasteiger partial charge in [-0.2, -0.15) is 11.3 Å². The van der Waals surface area contributed by atoms with Crippen LogP contribution in [0.1, 0.15) is 24.0 Å². The maximum absolute atomic E-state index is 12.1. The topological polar surface area (TPSA) is 80.4 Å². The predicted octanol–water partition coefficient (Wildman–Crippen LogP) is 3.54. The van der Waals surface area contributed by atoms with Crippen LogP contribution in [0.2, 0.25) is 0 Å². The number of nitrogens with two attached hydrogens (primary N) is 1. The van der Waals surface area contributed by atoms with E-state index >= 15 is 0 Å². The number of hydrogen-bond donors (Lipinski definition) is 2. The SMILES string of the molecule is NC(CC(=O)CC(=O)O)(c1ccsc1)c1ccc2ccccc2c1. The summed E-state index contributed by atoms with van der Waals surface area (Å²) >= 11 is 1.50. The highest BCUT2D eigenvalue weighted by Gasteiger charge is 2.33. The van der Waals surface area contributed by atoms with Crippen molar-refractivity contribution in [1.29, 1.82) is 0 Å². The molecule has 4 nitrogen and oxygen atoms in total. The quantitative estimate of drug-likeness (QED) is 0.673. The Labute approximate surface area is 143 Å². The summed E-state index contributed by atoms with van der Waals surface area (Å²) in [6.07, 6.45) is -0.564. The number of carbonyl (C=O) groups excluding carboxylic acids is 1. The van der Waals surface area contributed by atoms with Crippen LogP contribution in [0, 0.1) is 0 Å². The number of ketones is 1. The molecule has 0 amide bonds. The van der Waals surface area contributed by atoms with Crippen LogP contribution in [0.5, 0.6) is 0 Å². The minimum atomic E-state index is -1.13. The highest BCUT2D eigenvalue weighted by atomic mass is 32.1. The molecule has 1 aromatic heterocycles. The van der Waals surface area contributed by atoms with E-state index in [1.165, 1.54) is 11.3 Å². The minimum Gasteiger partial charge on any atom is -0.481 e. The van der Waals surface area contributed by atoms with Crippen molar-refractivity contribution in [2.24, 2.45) is 5.73 Å². The van der Waals surface area contributed by atoms with Crippen LogP contribution in [0.15, 0.2) is 59.3 Å². The molecule has 0 bridgehead atoms. The molecule has 3 N–H and O–H groups in total. The maximum Gasteiger partial charge on any atom is 0.310 e. The fourth-order valence-electron chi connectivity index (χ4n) is 2.90. The van der Waals surface area contributed by atoms with Gasteiger partial charge in [0.25, 0.3) is 0 Å². The van der Waals surface area contributed by atoms with E-state index in [0.29, 0.717) is 0 Å². The van der Waals surface area contributed by atoms with Crippen LogP contribution in [0.25, 0.3) is 10.8 Å². The summed E-state index contributed by atoms with van der Waals surface area (Å²) in [6.45, 7) is 0. The Morgan fingerprint density at radius 3 is 2.46 bits per heavy atom. The zero-order valence-electron chi connectivity index (χ0n) is 12.9. The first-order chi connectivity index (χ1) is 11.5. The van der Waals surface area contributed by atoms with Gasteiger partial charge in [-0.1, -0.05) is 36.4 Å². The van der Waals surface area contributed by atoms with E-state index in [4.69, 9.17) is 10.8 Å². The molecule has 1 atom stereocenters. The third-order valence-electron chi connectivity index (χ3n) is 4.13. The summed E-state index contributed by atoms with van der Waals surface area (Å²) in [5, 5.41) is 14.8. The lowest BCUT2D eigenvalue weighted by molar-refractivity contribution is -0.140. The van der Waals surface area contributed by atoms with Crippen molar-refractivity contribution >= 4 is 33.9 Å². The molecule has 1 unspecified atom stereocenters. The molecule has 122 valence electrons. The van der Waals surface area contributed by atoms with E-state index < -0.39 is 17.9 Å². The second kappa shape index (κ2) is 6.55. The van der Waals surface area contributed by atoms with Crippen molar-refractivity contribution in [2.75, 3.05) is 0 Å². The molecule has 3 rings (SSSR count). The van der Waals surface area contributed by atoms with E-state index in [-0.39, 0.29) is 12.2 Å². The molecule has 0 aliphatic carbocycles. The van der Waals surface area contributed by atoms with Crippen molar-refractivity contribution in [3.05, 3.63) is 70.4 Å². The molecule has 0 radical (unpaired) electrons. The number of benzene rings is 2. The normalized spacial score (nSPS) is 13.5. The first-order valence-corrected chi connectivity index (χ1v) is 8.48. The van der Waals surface area contributed by atoms with Crippen LogP contribution in [-0.4, -0.2) is 16.9 Å². The Bertz CT molecular complexity index is 889. The van der Waals surface area contributed by atoms with Gasteiger partial charge in [-0.25, -0.2) is 0 Å². The number of aliphatic carboxylic acids is 1. The van der Waals surface area contributed by atoms with Crippen molar-refractivity contribution in [2.45, 2.75) is 18.4 Å². The highest BCUT2D eigenvalue weighted by Crippen LogP contribution is 2.34. The Hall–Kier alpha value is -2.50. The lowest BCUT2D eigenvalue weighted by Gasteiger charge is -2.29. The molecule has 1 heterocycles. The monoisotopic (exact) mass is 339 g/mol. The lowest BCUT2D eigenvalue weighted by Crippen LogP contribution is -2.40. The van der Waals surface area contributed by atoms with E-state index in [1.54, 1.807) is 0 Å². The predicted molar refractivity (Wildman–Crippen MR) is 95.1 cm³/mol. The van der Waals surface area contributed by atoms with Crippen LogP contribution in [0.3, 0.4) is 0 Å². The fraction of sp³-hybridized carbons (Fsp3) is 0.158. The molecule has 0 saturated heterocycles. The summed E-state index contributed by atoms with van der Waals surface area (Å²) in [6, 6.07) is 15.7. The minimum absolute atomic E-state index is 0.0472. The number of carbonyl (C=O) groups is 2. The van der Waals surface area contributed by atoms with E-state index in [2.05, 4.69) is 0 Å². The van der Waals surface area contributed by atoms with Crippen molar-refractivity contribution in [3.63, 3.8) is 0 Å². The van der Waals surface area contributed by atoms with Gasteiger partial charge in [0.2, 0.25) is 0 Å². The van der Waals surface area contributed by atoms with Gasteiger partial charge in [0.1, 0.15) is 12.2 Å². The summed E-state index contributed by atoms with van der Waals surface area (Å²) in [5.74, 6) is -1.52. The smallest absolute Gasteiger partial charge is 0.310 e. The third-order valence-corrected chi connectivity index (χ3v) is 4.81. The standard InChI is InChI=1S/C19H17NO3S/c20-19(16-7-8-24-12-16,11-17(21)10-18(22)23)15-6-5-13-3-1-2-4-14(13)9-15/h1-9,12H,10-11,20H2,(H,22,23). The number of Topliss-reactive ketones (excluding diaryl/α,β-unsaturated/α-hetero) is 1. The highest BCUT2D eigenvalue weighted by molar-refractivity contribution is 7.08. The number of fused-ring (bicyclic) bond motifs is 1. The molecule has 0 fully saturated rings. The Morgan fingerprint density at radius 1 is 1.04 bits per heavy atom. The summed E-state index contributed by atoms with van der Waals surface area (Å²) < 4.78 is 0. The zero-order valence-corrected chi connectivity index (χ0v) is 13.8.